The molecule has 1 saturated carbocycles. The van der Waals surface area contributed by atoms with E-state index in [-0.39, 0.29) is 11.8 Å². The summed E-state index contributed by atoms with van der Waals surface area (Å²) in [4.78, 5) is 34.2. The van der Waals surface area contributed by atoms with E-state index in [1.807, 2.05) is 44.1 Å². The van der Waals surface area contributed by atoms with Crippen molar-refractivity contribution in [3.63, 3.8) is 0 Å². The Morgan fingerprint density at radius 1 is 1.35 bits per heavy atom. The van der Waals surface area contributed by atoms with E-state index in [1.54, 1.807) is 4.90 Å². The van der Waals surface area contributed by atoms with Gasteiger partial charge in [0, 0.05) is 20.6 Å². The van der Waals surface area contributed by atoms with Crippen LogP contribution in [0.5, 0.6) is 0 Å². The van der Waals surface area contributed by atoms with Crippen LogP contribution < -0.4 is 10.6 Å². The van der Waals surface area contributed by atoms with E-state index >= 15 is 0 Å². The third kappa shape index (κ3) is 2.76. The molecule has 7 heteroatoms. The molecule has 1 saturated heterocycles. The Bertz CT molecular complexity index is 891. The minimum atomic E-state index is -0.498. The number of nitrogens with two attached hydrogens (primary N) is 1. The van der Waals surface area contributed by atoms with Crippen LogP contribution in [-0.4, -0.2) is 48.4 Å². The number of aryl methyl sites for hydroxylation is 1. The lowest BCUT2D eigenvalue weighted by atomic mass is 10.1. The number of amides is 2. The summed E-state index contributed by atoms with van der Waals surface area (Å²) < 4.78 is 0. The Morgan fingerprint density at radius 2 is 2.12 bits per heavy atom. The van der Waals surface area contributed by atoms with Gasteiger partial charge in [0.2, 0.25) is 5.91 Å². The van der Waals surface area contributed by atoms with Crippen molar-refractivity contribution in [3.8, 4) is 10.4 Å². The second-order valence-corrected chi connectivity index (χ2v) is 8.38. The molecule has 26 heavy (non-hydrogen) atoms. The number of hydrogen-bond acceptors (Lipinski definition) is 5. The highest BCUT2D eigenvalue weighted by molar-refractivity contribution is 7.19. The number of benzene rings is 1. The first-order valence-corrected chi connectivity index (χ1v) is 9.54. The quantitative estimate of drug-likeness (QED) is 0.894. The monoisotopic (exact) mass is 370 g/mol. The van der Waals surface area contributed by atoms with Gasteiger partial charge in [0.05, 0.1) is 4.88 Å². The van der Waals surface area contributed by atoms with E-state index < -0.39 is 11.9 Å². The number of piperidine rings is 1. The Hall–Kier alpha value is -2.41. The topological polar surface area (TPSA) is 79.5 Å². The normalized spacial score (nSPS) is 23.7. The van der Waals surface area contributed by atoms with Crippen LogP contribution >= 0.6 is 11.3 Å². The number of likely N-dealkylation sites (tertiary alicyclic amines) is 1. The minimum Gasteiger partial charge on any atom is -0.368 e. The molecule has 2 amide bonds. The van der Waals surface area contributed by atoms with Gasteiger partial charge in [-0.05, 0) is 30.7 Å². The Kier molecular flexibility index (Phi) is 3.99. The van der Waals surface area contributed by atoms with E-state index in [4.69, 9.17) is 5.73 Å². The van der Waals surface area contributed by atoms with Crippen LogP contribution in [0.15, 0.2) is 24.3 Å². The van der Waals surface area contributed by atoms with Crippen LogP contribution in [0.3, 0.4) is 0 Å². The van der Waals surface area contributed by atoms with E-state index in [1.165, 1.54) is 11.3 Å². The van der Waals surface area contributed by atoms with E-state index in [0.29, 0.717) is 18.2 Å². The third-order valence-electron chi connectivity index (χ3n) is 5.18. The second-order valence-electron chi connectivity index (χ2n) is 7.40. The smallest absolute Gasteiger partial charge is 0.274 e. The molecule has 1 aromatic carbocycles. The summed E-state index contributed by atoms with van der Waals surface area (Å²) in [5.41, 5.74) is 8.09. The molecule has 0 unspecified atom stereocenters. The molecule has 2 aromatic rings. The third-order valence-corrected chi connectivity index (χ3v) is 6.46. The van der Waals surface area contributed by atoms with Crippen LogP contribution in [-0.2, 0) is 4.79 Å². The molecule has 0 radical (unpaired) electrons. The molecule has 0 spiro atoms. The minimum absolute atomic E-state index is 0.193. The molecule has 136 valence electrons. The van der Waals surface area contributed by atoms with Gasteiger partial charge < -0.3 is 15.5 Å². The molecule has 1 aliphatic carbocycles. The van der Waals surface area contributed by atoms with Crippen molar-refractivity contribution in [1.29, 1.82) is 0 Å². The summed E-state index contributed by atoms with van der Waals surface area (Å²) >= 11 is 1.49. The Morgan fingerprint density at radius 3 is 2.77 bits per heavy atom. The number of rotatable bonds is 4. The molecule has 2 aliphatic rings. The van der Waals surface area contributed by atoms with Gasteiger partial charge >= 0.3 is 0 Å². The maximum atomic E-state index is 13.3. The highest BCUT2D eigenvalue weighted by Gasteiger charge is 2.56. The lowest BCUT2D eigenvalue weighted by Gasteiger charge is -2.24. The summed E-state index contributed by atoms with van der Waals surface area (Å²) in [5, 5.41) is 0.768. The molecule has 0 bridgehead atoms. The van der Waals surface area contributed by atoms with Gasteiger partial charge in [-0.15, -0.1) is 0 Å². The number of carbonyl (C=O) groups is 2. The predicted octanol–water partition coefficient (Wildman–Crippen LogP) is 2.13. The van der Waals surface area contributed by atoms with Gasteiger partial charge in [-0.25, -0.2) is 4.98 Å². The van der Waals surface area contributed by atoms with E-state index in [0.717, 1.165) is 27.6 Å². The molecular weight excluding hydrogens is 348 g/mol. The standard InChI is InChI=1S/C19H22N4O2S/c1-10-5-4-6-11(7-10)16-14(21-19(26-16)22(2)3)18(25)23-9-12-8-13(12)15(23)17(20)24/h4-7,12-13,15H,8-9H2,1-3H3,(H2,20,24)/t12-,13-,15-/m0/s1. The second kappa shape index (κ2) is 6.09. The van der Waals surface area contributed by atoms with E-state index in [2.05, 4.69) is 11.1 Å². The molecule has 6 nitrogen and oxygen atoms in total. The first kappa shape index (κ1) is 17.0. The fourth-order valence-electron chi connectivity index (χ4n) is 3.80. The zero-order chi connectivity index (χ0) is 18.6. The van der Waals surface area contributed by atoms with Gasteiger partial charge in [-0.1, -0.05) is 41.2 Å². The van der Waals surface area contributed by atoms with Gasteiger partial charge in [0.1, 0.15) is 11.7 Å². The molecule has 3 atom stereocenters. The highest BCUT2D eigenvalue weighted by Crippen LogP contribution is 2.50. The number of hydrogen-bond donors (Lipinski definition) is 1. The number of anilines is 1. The highest BCUT2D eigenvalue weighted by atomic mass is 32.1. The summed E-state index contributed by atoms with van der Waals surface area (Å²) in [6.07, 6.45) is 0.988. The fourth-order valence-corrected chi connectivity index (χ4v) is 4.78. The van der Waals surface area contributed by atoms with Crippen molar-refractivity contribution in [3.05, 3.63) is 35.5 Å². The van der Waals surface area contributed by atoms with Crippen molar-refractivity contribution < 1.29 is 9.59 Å². The lowest BCUT2D eigenvalue weighted by Crippen LogP contribution is -2.46. The number of primary amides is 1. The van der Waals surface area contributed by atoms with E-state index in [9.17, 15) is 9.59 Å². The molecule has 1 aromatic heterocycles. The predicted molar refractivity (Wildman–Crippen MR) is 102 cm³/mol. The Balaban J connectivity index is 1.75. The number of thiazole rings is 1. The first-order valence-electron chi connectivity index (χ1n) is 8.72. The van der Waals surface area contributed by atoms with Crippen LogP contribution in [0.2, 0.25) is 0 Å². The number of carbonyl (C=O) groups excluding carboxylic acids is 2. The summed E-state index contributed by atoms with van der Waals surface area (Å²) in [6.45, 7) is 2.62. The van der Waals surface area contributed by atoms with Gasteiger partial charge in [-0.3, -0.25) is 9.59 Å². The van der Waals surface area contributed by atoms with Gasteiger partial charge in [0.25, 0.3) is 5.91 Å². The number of aromatic nitrogens is 1. The van der Waals surface area contributed by atoms with Crippen molar-refractivity contribution in [2.45, 2.75) is 19.4 Å². The Labute approximate surface area is 156 Å². The molecule has 2 N–H and O–H groups in total. The maximum absolute atomic E-state index is 13.3. The van der Waals surface area contributed by atoms with Crippen molar-refractivity contribution >= 4 is 28.3 Å². The van der Waals surface area contributed by atoms with Crippen LogP contribution in [0.1, 0.15) is 22.5 Å². The molecule has 2 heterocycles. The van der Waals surface area contributed by atoms with Crippen molar-refractivity contribution in [2.24, 2.45) is 17.6 Å². The first-order chi connectivity index (χ1) is 12.4. The van der Waals surface area contributed by atoms with Crippen LogP contribution in [0.4, 0.5) is 5.13 Å². The number of fused-ring (bicyclic) bond motifs is 1. The molecule has 2 fully saturated rings. The zero-order valence-electron chi connectivity index (χ0n) is 15.1. The van der Waals surface area contributed by atoms with Gasteiger partial charge in [0.15, 0.2) is 5.13 Å². The average molecular weight is 370 g/mol. The van der Waals surface area contributed by atoms with Crippen molar-refractivity contribution in [2.75, 3.05) is 25.5 Å². The lowest BCUT2D eigenvalue weighted by molar-refractivity contribution is -0.122. The summed E-state index contributed by atoms with van der Waals surface area (Å²) in [6, 6.07) is 7.55. The fraction of sp³-hybridized carbons (Fsp3) is 0.421. The molecule has 1 aliphatic heterocycles. The summed E-state index contributed by atoms with van der Waals surface area (Å²) in [7, 11) is 3.81. The van der Waals surface area contributed by atoms with Crippen LogP contribution in [0, 0.1) is 18.8 Å². The van der Waals surface area contributed by atoms with Gasteiger partial charge in [-0.2, -0.15) is 0 Å². The van der Waals surface area contributed by atoms with Crippen molar-refractivity contribution in [1.82, 2.24) is 9.88 Å². The maximum Gasteiger partial charge on any atom is 0.274 e. The van der Waals surface area contributed by atoms with Crippen LogP contribution in [0.25, 0.3) is 10.4 Å². The number of nitrogens with zero attached hydrogens (tertiary/aromatic N) is 3. The zero-order valence-corrected chi connectivity index (χ0v) is 15.9. The largest absolute Gasteiger partial charge is 0.368 e. The molecular formula is C19H22N4O2S. The summed E-state index contributed by atoms with van der Waals surface area (Å²) in [5.74, 6) is 0.0297. The molecule has 4 rings (SSSR count). The average Bonchev–Trinajstić information content (AvgIpc) is 3.06. The SMILES string of the molecule is Cc1cccc(-c2sc(N(C)C)nc2C(=O)N2C[C@@H]3C[C@@H]3[C@H]2C(N)=O)c1.